The molecule has 4 rings (SSSR count). The standard InChI is InChI=1S/C23H20ClFN4O2/c1-14-11-19(25)21(13-18(14)24)29-23(30)28-15-4-6-16(7-5-15)31-17-8-10-27-22(12-17)20-3-2-9-26-20/h2-14,18,26H,1H3,(H2,28,29,30). The maximum atomic E-state index is 14.0. The molecule has 0 saturated heterocycles. The number of anilines is 1. The molecular weight excluding hydrogens is 419 g/mol. The van der Waals surface area contributed by atoms with Crippen LogP contribution in [0.15, 0.2) is 84.6 Å². The summed E-state index contributed by atoms with van der Waals surface area (Å²) < 4.78 is 19.9. The first-order valence-corrected chi connectivity index (χ1v) is 10.1. The van der Waals surface area contributed by atoms with Gasteiger partial charge in [0, 0.05) is 24.1 Å². The molecule has 2 atom stereocenters. The Labute approximate surface area is 183 Å². The fourth-order valence-corrected chi connectivity index (χ4v) is 3.24. The van der Waals surface area contributed by atoms with Crippen molar-refractivity contribution in [3.8, 4) is 22.9 Å². The van der Waals surface area contributed by atoms with Crippen molar-refractivity contribution < 1.29 is 13.9 Å². The van der Waals surface area contributed by atoms with Gasteiger partial charge in [0.2, 0.25) is 0 Å². The average Bonchev–Trinajstić information content (AvgIpc) is 3.29. The number of benzene rings is 1. The molecule has 0 fully saturated rings. The Morgan fingerprint density at radius 1 is 1.13 bits per heavy atom. The van der Waals surface area contributed by atoms with Crippen molar-refractivity contribution in [2.45, 2.75) is 12.3 Å². The second-order valence-electron chi connectivity index (χ2n) is 7.06. The molecule has 1 aliphatic carbocycles. The van der Waals surface area contributed by atoms with Gasteiger partial charge in [-0.15, -0.1) is 11.6 Å². The third-order valence-electron chi connectivity index (χ3n) is 4.70. The molecular formula is C23H20ClFN4O2. The maximum absolute atomic E-state index is 14.0. The summed E-state index contributed by atoms with van der Waals surface area (Å²) in [5, 5.41) is 4.76. The number of aromatic nitrogens is 2. The second-order valence-corrected chi connectivity index (χ2v) is 7.57. The quantitative estimate of drug-likeness (QED) is 0.428. The Morgan fingerprint density at radius 2 is 1.94 bits per heavy atom. The predicted molar refractivity (Wildman–Crippen MR) is 119 cm³/mol. The summed E-state index contributed by atoms with van der Waals surface area (Å²) in [5.74, 6) is 0.591. The van der Waals surface area contributed by atoms with E-state index in [2.05, 4.69) is 20.6 Å². The maximum Gasteiger partial charge on any atom is 0.323 e. The highest BCUT2D eigenvalue weighted by molar-refractivity contribution is 6.22. The van der Waals surface area contributed by atoms with Crippen LogP contribution in [-0.4, -0.2) is 21.4 Å². The van der Waals surface area contributed by atoms with Crippen LogP contribution < -0.4 is 15.4 Å². The first kappa shape index (κ1) is 20.7. The molecule has 0 aliphatic heterocycles. The lowest BCUT2D eigenvalue weighted by Crippen LogP contribution is -2.30. The van der Waals surface area contributed by atoms with Crippen LogP contribution in [0, 0.1) is 5.92 Å². The topological polar surface area (TPSA) is 79.0 Å². The van der Waals surface area contributed by atoms with E-state index >= 15 is 0 Å². The molecule has 1 aromatic carbocycles. The minimum atomic E-state index is -0.563. The van der Waals surface area contributed by atoms with Crippen molar-refractivity contribution >= 4 is 23.3 Å². The van der Waals surface area contributed by atoms with Crippen LogP contribution in [0.1, 0.15) is 6.92 Å². The number of urea groups is 1. The van der Waals surface area contributed by atoms with Crippen LogP contribution >= 0.6 is 11.6 Å². The number of amides is 2. The zero-order chi connectivity index (χ0) is 21.8. The molecule has 1 aliphatic rings. The summed E-state index contributed by atoms with van der Waals surface area (Å²) in [6.07, 6.45) is 6.38. The second kappa shape index (κ2) is 9.06. The van der Waals surface area contributed by atoms with Gasteiger partial charge >= 0.3 is 6.03 Å². The number of ether oxygens (including phenoxy) is 1. The first-order chi connectivity index (χ1) is 15.0. The zero-order valence-corrected chi connectivity index (χ0v) is 17.4. The van der Waals surface area contributed by atoms with Gasteiger partial charge in [0.05, 0.1) is 22.5 Å². The molecule has 0 bridgehead atoms. The number of H-pyrrole nitrogens is 1. The van der Waals surface area contributed by atoms with Crippen LogP contribution in [0.2, 0.25) is 0 Å². The molecule has 0 saturated carbocycles. The number of carbonyl (C=O) groups is 1. The van der Waals surface area contributed by atoms with E-state index in [1.54, 1.807) is 43.5 Å². The van der Waals surface area contributed by atoms with E-state index in [0.717, 1.165) is 11.4 Å². The molecule has 8 heteroatoms. The van der Waals surface area contributed by atoms with Crippen molar-refractivity contribution in [1.29, 1.82) is 0 Å². The minimum Gasteiger partial charge on any atom is -0.457 e. The van der Waals surface area contributed by atoms with E-state index in [9.17, 15) is 9.18 Å². The van der Waals surface area contributed by atoms with E-state index in [1.165, 1.54) is 12.2 Å². The van der Waals surface area contributed by atoms with Gasteiger partial charge in [0.15, 0.2) is 0 Å². The molecule has 2 unspecified atom stereocenters. The van der Waals surface area contributed by atoms with Crippen LogP contribution in [-0.2, 0) is 0 Å². The largest absolute Gasteiger partial charge is 0.457 e. The van der Waals surface area contributed by atoms with E-state index < -0.39 is 11.9 Å². The summed E-state index contributed by atoms with van der Waals surface area (Å²) in [4.78, 5) is 19.6. The van der Waals surface area contributed by atoms with Crippen molar-refractivity contribution in [2.75, 3.05) is 5.32 Å². The molecule has 3 aromatic rings. The van der Waals surface area contributed by atoms with Gasteiger partial charge in [0.25, 0.3) is 0 Å². The fraction of sp³-hybridized carbons (Fsp3) is 0.130. The normalized spacial score (nSPS) is 18.0. The number of allylic oxidation sites excluding steroid dienone is 3. The molecule has 2 amide bonds. The number of nitrogens with one attached hydrogen (secondary N) is 3. The van der Waals surface area contributed by atoms with Crippen molar-refractivity contribution in [3.63, 3.8) is 0 Å². The molecule has 31 heavy (non-hydrogen) atoms. The van der Waals surface area contributed by atoms with Crippen LogP contribution in [0.4, 0.5) is 14.9 Å². The number of alkyl halides is 1. The summed E-state index contributed by atoms with van der Waals surface area (Å²) in [7, 11) is 0. The Bertz CT molecular complexity index is 1130. The third kappa shape index (κ3) is 5.13. The molecule has 3 N–H and O–H groups in total. The number of halogens is 2. The third-order valence-corrected chi connectivity index (χ3v) is 5.22. The molecule has 2 heterocycles. The number of rotatable bonds is 5. The van der Waals surface area contributed by atoms with Gasteiger partial charge in [-0.05, 0) is 60.5 Å². The first-order valence-electron chi connectivity index (χ1n) is 9.67. The van der Waals surface area contributed by atoms with Crippen LogP contribution in [0.3, 0.4) is 0 Å². The Hall–Kier alpha value is -3.58. The van der Waals surface area contributed by atoms with Crippen molar-refractivity contribution in [1.82, 2.24) is 15.3 Å². The number of nitrogens with zero attached hydrogens (tertiary/aromatic N) is 1. The molecule has 2 aromatic heterocycles. The monoisotopic (exact) mass is 438 g/mol. The smallest absolute Gasteiger partial charge is 0.323 e. The van der Waals surface area contributed by atoms with E-state index in [1.807, 2.05) is 24.4 Å². The number of hydrogen-bond acceptors (Lipinski definition) is 3. The SMILES string of the molecule is CC1C=C(F)C(NC(=O)Nc2ccc(Oc3ccnc(-c4ccc[nH]4)c3)cc2)=CC1Cl. The Balaban J connectivity index is 1.37. The summed E-state index contributed by atoms with van der Waals surface area (Å²) >= 11 is 6.11. The highest BCUT2D eigenvalue weighted by Gasteiger charge is 2.21. The van der Waals surface area contributed by atoms with Gasteiger partial charge < -0.3 is 20.4 Å². The highest BCUT2D eigenvalue weighted by Crippen LogP contribution is 2.27. The lowest BCUT2D eigenvalue weighted by molar-refractivity contribution is 0.254. The van der Waals surface area contributed by atoms with Gasteiger partial charge in [-0.25, -0.2) is 9.18 Å². The lowest BCUT2D eigenvalue weighted by atomic mass is 10.0. The van der Waals surface area contributed by atoms with Crippen molar-refractivity contribution in [3.05, 3.63) is 84.6 Å². The minimum absolute atomic E-state index is 0.0612. The molecule has 0 spiro atoms. The zero-order valence-electron chi connectivity index (χ0n) is 16.6. The lowest BCUT2D eigenvalue weighted by Gasteiger charge is -2.19. The van der Waals surface area contributed by atoms with E-state index in [4.69, 9.17) is 16.3 Å². The number of pyridine rings is 1. The predicted octanol–water partition coefficient (Wildman–Crippen LogP) is 5.98. The molecule has 6 nitrogen and oxygen atoms in total. The number of aromatic amines is 1. The van der Waals surface area contributed by atoms with Crippen LogP contribution in [0.5, 0.6) is 11.5 Å². The molecule has 0 radical (unpaired) electrons. The number of carbonyl (C=O) groups excluding carboxylic acids is 1. The summed E-state index contributed by atoms with van der Waals surface area (Å²) in [6.45, 7) is 1.81. The summed E-state index contributed by atoms with van der Waals surface area (Å²) in [6, 6.07) is 13.7. The highest BCUT2D eigenvalue weighted by atomic mass is 35.5. The Kier molecular flexibility index (Phi) is 6.04. The van der Waals surface area contributed by atoms with E-state index in [0.29, 0.717) is 17.2 Å². The van der Waals surface area contributed by atoms with Gasteiger partial charge in [0.1, 0.15) is 17.3 Å². The van der Waals surface area contributed by atoms with Gasteiger partial charge in [-0.1, -0.05) is 6.92 Å². The van der Waals surface area contributed by atoms with Crippen LogP contribution in [0.25, 0.3) is 11.4 Å². The van der Waals surface area contributed by atoms with Gasteiger partial charge in [-0.2, -0.15) is 0 Å². The number of hydrogen-bond donors (Lipinski definition) is 3. The van der Waals surface area contributed by atoms with Gasteiger partial charge in [-0.3, -0.25) is 4.98 Å². The van der Waals surface area contributed by atoms with Crippen molar-refractivity contribution in [2.24, 2.45) is 5.92 Å². The average molecular weight is 439 g/mol. The molecule has 158 valence electrons. The summed E-state index contributed by atoms with van der Waals surface area (Å²) in [5.41, 5.74) is 2.25. The fourth-order valence-electron chi connectivity index (χ4n) is 3.04. The Morgan fingerprint density at radius 3 is 2.68 bits per heavy atom. The van der Waals surface area contributed by atoms with E-state index in [-0.39, 0.29) is 17.0 Å².